The molecule has 2 aliphatic heterocycles. The molecule has 0 saturated carbocycles. The number of nitrogens with zero attached hydrogens (tertiary/aromatic N) is 2. The van der Waals surface area contributed by atoms with Crippen molar-refractivity contribution in [2.45, 2.75) is 25.3 Å². The summed E-state index contributed by atoms with van der Waals surface area (Å²) in [5.74, 6) is 0.541. The first-order valence-electron chi connectivity index (χ1n) is 10.8. The van der Waals surface area contributed by atoms with E-state index in [-0.39, 0.29) is 30.3 Å². The first-order chi connectivity index (χ1) is 15.0. The Balaban J connectivity index is 1.40. The highest BCUT2D eigenvalue weighted by molar-refractivity contribution is 5.91. The van der Waals surface area contributed by atoms with Crippen LogP contribution in [0.3, 0.4) is 0 Å². The van der Waals surface area contributed by atoms with Crippen LogP contribution in [0.4, 0.5) is 0 Å². The maximum absolute atomic E-state index is 13.4. The number of hydrogen-bond acceptors (Lipinski definition) is 3. The average Bonchev–Trinajstić information content (AvgIpc) is 2.82. The van der Waals surface area contributed by atoms with Crippen molar-refractivity contribution in [3.05, 3.63) is 77.4 Å². The summed E-state index contributed by atoms with van der Waals surface area (Å²) in [7, 11) is 1.65. The van der Waals surface area contributed by atoms with Gasteiger partial charge in [0.05, 0.1) is 25.6 Å². The molecule has 5 rings (SSSR count). The molecule has 0 N–H and O–H groups in total. The van der Waals surface area contributed by atoms with Crippen molar-refractivity contribution in [2.75, 3.05) is 26.7 Å². The van der Waals surface area contributed by atoms with Crippen LogP contribution < -0.4 is 4.74 Å². The maximum atomic E-state index is 13.4. The van der Waals surface area contributed by atoms with Gasteiger partial charge in [-0.05, 0) is 52.9 Å². The maximum Gasteiger partial charge on any atom is 0.242 e. The smallest absolute Gasteiger partial charge is 0.242 e. The molecule has 0 aromatic heterocycles. The number of carbonyl (C=O) groups is 2. The van der Waals surface area contributed by atoms with E-state index in [0.717, 1.165) is 35.1 Å². The molecule has 0 bridgehead atoms. The molecule has 1 saturated heterocycles. The molecule has 0 unspecified atom stereocenters. The fourth-order valence-electron chi connectivity index (χ4n) is 4.90. The van der Waals surface area contributed by atoms with Gasteiger partial charge >= 0.3 is 0 Å². The zero-order chi connectivity index (χ0) is 21.5. The van der Waals surface area contributed by atoms with E-state index >= 15 is 0 Å². The lowest BCUT2D eigenvalue weighted by Gasteiger charge is -2.45. The Morgan fingerprint density at radius 1 is 1.06 bits per heavy atom. The Morgan fingerprint density at radius 2 is 1.84 bits per heavy atom. The lowest BCUT2D eigenvalue weighted by atomic mass is 9.90. The summed E-state index contributed by atoms with van der Waals surface area (Å²) < 4.78 is 5.30. The molecular formula is C26H26N2O3. The Hall–Kier alpha value is -3.34. The molecule has 2 amide bonds. The highest BCUT2D eigenvalue weighted by atomic mass is 16.5. The minimum Gasteiger partial charge on any atom is -0.497 e. The largest absolute Gasteiger partial charge is 0.497 e. The number of ether oxygens (including phenoxy) is 1. The summed E-state index contributed by atoms with van der Waals surface area (Å²) in [5, 5.41) is 2.14. The van der Waals surface area contributed by atoms with E-state index in [0.29, 0.717) is 6.54 Å². The van der Waals surface area contributed by atoms with Crippen molar-refractivity contribution in [3.8, 4) is 5.75 Å². The fourth-order valence-corrected chi connectivity index (χ4v) is 4.90. The molecule has 5 heteroatoms. The van der Waals surface area contributed by atoms with E-state index in [2.05, 4.69) is 18.2 Å². The van der Waals surface area contributed by atoms with Crippen LogP contribution in [0.1, 0.15) is 35.6 Å². The highest BCUT2D eigenvalue weighted by Gasteiger charge is 2.39. The molecule has 0 aliphatic carbocycles. The predicted molar refractivity (Wildman–Crippen MR) is 120 cm³/mol. The van der Waals surface area contributed by atoms with E-state index in [4.69, 9.17) is 4.74 Å². The van der Waals surface area contributed by atoms with Crippen LogP contribution in [0.25, 0.3) is 10.8 Å². The van der Waals surface area contributed by atoms with E-state index < -0.39 is 0 Å². The summed E-state index contributed by atoms with van der Waals surface area (Å²) in [6.45, 7) is 3.37. The summed E-state index contributed by atoms with van der Waals surface area (Å²) in [6, 6.07) is 20.2. The van der Waals surface area contributed by atoms with Crippen LogP contribution in [0.2, 0.25) is 0 Å². The quantitative estimate of drug-likeness (QED) is 0.653. The fraction of sp³-hybridized carbons (Fsp3) is 0.308. The number of carbonyl (C=O) groups excluding carboxylic acids is 2. The van der Waals surface area contributed by atoms with E-state index in [9.17, 15) is 9.59 Å². The highest BCUT2D eigenvalue weighted by Crippen LogP contribution is 2.34. The molecule has 0 radical (unpaired) electrons. The van der Waals surface area contributed by atoms with Gasteiger partial charge in [-0.15, -0.1) is 0 Å². The first-order valence-corrected chi connectivity index (χ1v) is 10.8. The number of methoxy groups -OCH3 is 1. The number of amides is 2. The number of benzene rings is 3. The topological polar surface area (TPSA) is 49.9 Å². The third-order valence-electron chi connectivity index (χ3n) is 6.71. The SMILES string of the molecule is COc1ccc2cc([C@H](C)C(=O)N3CC(=O)N4CCc5ccccc5[C@H]4C3)ccc2c1. The monoisotopic (exact) mass is 414 g/mol. The van der Waals surface area contributed by atoms with Crippen molar-refractivity contribution in [3.63, 3.8) is 0 Å². The first kappa shape index (κ1) is 19.6. The van der Waals surface area contributed by atoms with Crippen LogP contribution in [-0.4, -0.2) is 48.4 Å². The molecule has 158 valence electrons. The van der Waals surface area contributed by atoms with E-state index in [1.807, 2.05) is 54.3 Å². The summed E-state index contributed by atoms with van der Waals surface area (Å²) in [6.07, 6.45) is 0.880. The molecule has 2 aliphatic rings. The van der Waals surface area contributed by atoms with Crippen molar-refractivity contribution in [1.29, 1.82) is 0 Å². The zero-order valence-electron chi connectivity index (χ0n) is 17.9. The van der Waals surface area contributed by atoms with Gasteiger partial charge in [0.2, 0.25) is 11.8 Å². The van der Waals surface area contributed by atoms with Crippen LogP contribution in [0.5, 0.6) is 5.75 Å². The van der Waals surface area contributed by atoms with Gasteiger partial charge in [0.1, 0.15) is 5.75 Å². The van der Waals surface area contributed by atoms with Gasteiger partial charge in [-0.25, -0.2) is 0 Å². The second kappa shape index (κ2) is 7.73. The number of fused-ring (bicyclic) bond motifs is 4. The van der Waals surface area contributed by atoms with Crippen molar-refractivity contribution >= 4 is 22.6 Å². The standard InChI is InChI=1S/C26H26N2O3/c1-17(19-7-8-21-14-22(31-2)10-9-20(21)13-19)26(30)27-15-24-23-6-4-3-5-18(23)11-12-28(24)25(29)16-27/h3-10,13-14,17,24H,11-12,15-16H2,1-2H3/t17-,24+/m0/s1. The van der Waals surface area contributed by atoms with Crippen LogP contribution in [0, 0.1) is 0 Å². The summed E-state index contributed by atoms with van der Waals surface area (Å²) in [5.41, 5.74) is 3.41. The Labute approximate surface area is 182 Å². The lowest BCUT2D eigenvalue weighted by Crippen LogP contribution is -2.56. The minimum atomic E-state index is -0.315. The van der Waals surface area contributed by atoms with Crippen molar-refractivity contribution in [2.24, 2.45) is 0 Å². The minimum absolute atomic E-state index is 0.00363. The Bertz CT molecular complexity index is 1170. The third kappa shape index (κ3) is 3.44. The van der Waals surface area contributed by atoms with Gasteiger partial charge in [0.15, 0.2) is 0 Å². The molecule has 2 atom stereocenters. The van der Waals surface area contributed by atoms with E-state index in [1.165, 1.54) is 11.1 Å². The van der Waals surface area contributed by atoms with Gasteiger partial charge in [0.25, 0.3) is 0 Å². The average molecular weight is 415 g/mol. The van der Waals surface area contributed by atoms with Crippen LogP contribution in [0.15, 0.2) is 60.7 Å². The van der Waals surface area contributed by atoms with Gasteiger partial charge in [0, 0.05) is 13.1 Å². The van der Waals surface area contributed by atoms with Crippen LogP contribution in [-0.2, 0) is 16.0 Å². The molecule has 1 fully saturated rings. The number of rotatable bonds is 3. The normalized spacial score (nSPS) is 19.0. The second-order valence-corrected chi connectivity index (χ2v) is 8.46. The second-order valence-electron chi connectivity index (χ2n) is 8.46. The lowest BCUT2D eigenvalue weighted by molar-refractivity contribution is -0.150. The van der Waals surface area contributed by atoms with Gasteiger partial charge in [-0.2, -0.15) is 0 Å². The molecule has 3 aromatic carbocycles. The molecule has 0 spiro atoms. The number of hydrogen-bond donors (Lipinski definition) is 0. The summed E-state index contributed by atoms with van der Waals surface area (Å²) >= 11 is 0. The van der Waals surface area contributed by atoms with Gasteiger partial charge in [-0.1, -0.05) is 48.5 Å². The Morgan fingerprint density at radius 3 is 2.68 bits per heavy atom. The zero-order valence-corrected chi connectivity index (χ0v) is 17.9. The van der Waals surface area contributed by atoms with Gasteiger partial charge in [-0.3, -0.25) is 9.59 Å². The predicted octanol–water partition coefficient (Wildman–Crippen LogP) is 3.92. The number of piperazine rings is 1. The molecule has 31 heavy (non-hydrogen) atoms. The molecule has 3 aromatic rings. The van der Waals surface area contributed by atoms with Crippen molar-refractivity contribution < 1.29 is 14.3 Å². The summed E-state index contributed by atoms with van der Waals surface area (Å²) in [4.78, 5) is 30.0. The Kier molecular flexibility index (Phi) is 4.89. The molecule has 5 nitrogen and oxygen atoms in total. The molecular weight excluding hydrogens is 388 g/mol. The van der Waals surface area contributed by atoms with Gasteiger partial charge < -0.3 is 14.5 Å². The van der Waals surface area contributed by atoms with Crippen LogP contribution >= 0.6 is 0 Å². The van der Waals surface area contributed by atoms with Crippen molar-refractivity contribution in [1.82, 2.24) is 9.80 Å². The molecule has 2 heterocycles. The van der Waals surface area contributed by atoms with E-state index in [1.54, 1.807) is 12.0 Å². The third-order valence-corrected chi connectivity index (χ3v) is 6.71.